The molecule has 1 nitrogen and oxygen atoms in total. The third kappa shape index (κ3) is 5.24. The van der Waals surface area contributed by atoms with Crippen LogP contribution in [0.15, 0.2) is 98.1 Å². The second-order valence-corrected chi connectivity index (χ2v) is 5.00. The van der Waals surface area contributed by atoms with Crippen molar-refractivity contribution in [3.63, 3.8) is 0 Å². The van der Waals surface area contributed by atoms with Gasteiger partial charge in [0.05, 0.1) is 13.2 Å². The molecular weight excluding hydrogens is 280 g/mol. The van der Waals surface area contributed by atoms with Crippen LogP contribution in [-0.2, 0) is 4.74 Å². The van der Waals surface area contributed by atoms with Gasteiger partial charge in [0.1, 0.15) is 0 Å². The molecule has 0 aromatic heterocycles. The van der Waals surface area contributed by atoms with Crippen molar-refractivity contribution in [1.29, 1.82) is 0 Å². The van der Waals surface area contributed by atoms with Crippen molar-refractivity contribution in [3.8, 4) is 0 Å². The first-order chi connectivity index (χ1) is 11.3. The average molecular weight is 302 g/mol. The normalized spacial score (nSPS) is 12.0. The van der Waals surface area contributed by atoms with E-state index >= 15 is 0 Å². The van der Waals surface area contributed by atoms with Gasteiger partial charge in [0.2, 0.25) is 0 Å². The van der Waals surface area contributed by atoms with Crippen LogP contribution in [0.2, 0.25) is 0 Å². The number of rotatable bonds is 8. The van der Waals surface area contributed by atoms with Crippen LogP contribution >= 0.6 is 0 Å². The molecule has 23 heavy (non-hydrogen) atoms. The van der Waals surface area contributed by atoms with E-state index in [0.29, 0.717) is 13.2 Å². The second-order valence-electron chi connectivity index (χ2n) is 5.00. The van der Waals surface area contributed by atoms with Crippen LogP contribution in [0.25, 0.3) is 11.1 Å². The van der Waals surface area contributed by atoms with Gasteiger partial charge >= 0.3 is 0 Å². The predicted octanol–water partition coefficient (Wildman–Crippen LogP) is 5.54. The Labute approximate surface area is 138 Å². The zero-order valence-electron chi connectivity index (χ0n) is 13.3. The highest BCUT2D eigenvalue weighted by atomic mass is 16.5. The van der Waals surface area contributed by atoms with Gasteiger partial charge in [0.15, 0.2) is 0 Å². The van der Waals surface area contributed by atoms with Crippen molar-refractivity contribution in [3.05, 3.63) is 109 Å². The van der Waals surface area contributed by atoms with E-state index in [1.54, 1.807) is 0 Å². The first kappa shape index (κ1) is 16.7. The number of allylic oxidation sites excluding steroid dienone is 4. The molecule has 0 aliphatic rings. The Morgan fingerprint density at radius 2 is 1.09 bits per heavy atom. The Morgan fingerprint density at radius 3 is 1.43 bits per heavy atom. The quantitative estimate of drug-likeness (QED) is 0.459. The van der Waals surface area contributed by atoms with E-state index in [4.69, 9.17) is 4.74 Å². The highest BCUT2D eigenvalue weighted by molar-refractivity contribution is 5.74. The van der Waals surface area contributed by atoms with Crippen LogP contribution in [0.5, 0.6) is 0 Å². The largest absolute Gasteiger partial charge is 0.373 e. The number of hydrogen-bond donors (Lipinski definition) is 0. The molecule has 0 spiro atoms. The molecule has 2 aromatic rings. The lowest BCUT2D eigenvalue weighted by Crippen LogP contribution is -1.93. The van der Waals surface area contributed by atoms with Crippen molar-refractivity contribution < 1.29 is 4.74 Å². The standard InChI is InChI=1S/C22H22O/c1-3-19(21-11-7-5-8-12-21)15-17-23-18-16-20(4-2)22-13-9-6-10-14-22/h3-16H,1-2,17-18H2. The SMILES string of the molecule is C=CC(=CCOCC=C(C=C)c1ccccc1)c1ccccc1. The van der Waals surface area contributed by atoms with Crippen molar-refractivity contribution in [2.45, 2.75) is 0 Å². The maximum Gasteiger partial charge on any atom is 0.0660 e. The lowest BCUT2D eigenvalue weighted by molar-refractivity contribution is 0.194. The summed E-state index contributed by atoms with van der Waals surface area (Å²) < 4.78 is 5.69. The van der Waals surface area contributed by atoms with Crippen LogP contribution in [0, 0.1) is 0 Å². The lowest BCUT2D eigenvalue weighted by Gasteiger charge is -2.04. The number of ether oxygens (including phenoxy) is 1. The Hall–Kier alpha value is -2.64. The van der Waals surface area contributed by atoms with Gasteiger partial charge < -0.3 is 4.74 Å². The molecule has 0 aliphatic heterocycles. The minimum Gasteiger partial charge on any atom is -0.373 e. The summed E-state index contributed by atoms with van der Waals surface area (Å²) in [4.78, 5) is 0. The molecule has 0 atom stereocenters. The zero-order valence-corrected chi connectivity index (χ0v) is 13.3. The lowest BCUT2D eigenvalue weighted by atomic mass is 10.1. The zero-order chi connectivity index (χ0) is 16.3. The highest BCUT2D eigenvalue weighted by Crippen LogP contribution is 2.16. The fraction of sp³-hybridized carbons (Fsp3) is 0.0909. The smallest absolute Gasteiger partial charge is 0.0660 e. The molecule has 0 heterocycles. The van der Waals surface area contributed by atoms with E-state index in [1.165, 1.54) is 0 Å². The second kappa shape index (κ2) is 9.39. The topological polar surface area (TPSA) is 9.23 Å². The molecule has 116 valence electrons. The third-order valence-corrected chi connectivity index (χ3v) is 3.50. The molecule has 0 saturated heterocycles. The summed E-state index contributed by atoms with van der Waals surface area (Å²) in [5, 5.41) is 0. The van der Waals surface area contributed by atoms with Crippen LogP contribution < -0.4 is 0 Å². The van der Waals surface area contributed by atoms with E-state index in [9.17, 15) is 0 Å². The first-order valence-electron chi connectivity index (χ1n) is 7.69. The Balaban J connectivity index is 1.91. The summed E-state index contributed by atoms with van der Waals surface area (Å²) in [6, 6.07) is 20.4. The van der Waals surface area contributed by atoms with Crippen molar-refractivity contribution in [2.75, 3.05) is 13.2 Å². The molecule has 0 radical (unpaired) electrons. The molecule has 2 rings (SSSR count). The van der Waals surface area contributed by atoms with Gasteiger partial charge in [-0.05, 0) is 22.3 Å². The molecule has 0 amide bonds. The molecule has 0 saturated carbocycles. The van der Waals surface area contributed by atoms with Gasteiger partial charge in [-0.3, -0.25) is 0 Å². The third-order valence-electron chi connectivity index (χ3n) is 3.50. The van der Waals surface area contributed by atoms with E-state index in [2.05, 4.69) is 37.4 Å². The monoisotopic (exact) mass is 302 g/mol. The van der Waals surface area contributed by atoms with Crippen molar-refractivity contribution >= 4 is 11.1 Å². The van der Waals surface area contributed by atoms with Gasteiger partial charge in [-0.2, -0.15) is 0 Å². The summed E-state index contributed by atoms with van der Waals surface area (Å²) in [6.45, 7) is 8.83. The summed E-state index contributed by atoms with van der Waals surface area (Å²) in [5.74, 6) is 0. The molecule has 2 aromatic carbocycles. The predicted molar refractivity (Wildman–Crippen MR) is 100 cm³/mol. The molecule has 0 aliphatic carbocycles. The summed E-state index contributed by atoms with van der Waals surface area (Å²) in [5.41, 5.74) is 4.47. The van der Waals surface area contributed by atoms with Crippen LogP contribution in [0.4, 0.5) is 0 Å². The maximum atomic E-state index is 5.69. The van der Waals surface area contributed by atoms with Crippen molar-refractivity contribution in [1.82, 2.24) is 0 Å². The summed E-state index contributed by atoms with van der Waals surface area (Å²) in [7, 11) is 0. The molecule has 0 unspecified atom stereocenters. The van der Waals surface area contributed by atoms with Gasteiger partial charge in [-0.1, -0.05) is 98.1 Å². The highest BCUT2D eigenvalue weighted by Gasteiger charge is 1.97. The van der Waals surface area contributed by atoms with E-state index in [0.717, 1.165) is 22.3 Å². The minimum atomic E-state index is 0.548. The summed E-state index contributed by atoms with van der Waals surface area (Å²) in [6.07, 6.45) is 7.81. The Kier molecular flexibility index (Phi) is 6.83. The molecule has 0 bridgehead atoms. The van der Waals surface area contributed by atoms with E-state index < -0.39 is 0 Å². The first-order valence-corrected chi connectivity index (χ1v) is 7.69. The van der Waals surface area contributed by atoms with Crippen LogP contribution in [0.3, 0.4) is 0 Å². The number of benzene rings is 2. The fourth-order valence-electron chi connectivity index (χ4n) is 2.26. The van der Waals surface area contributed by atoms with Gasteiger partial charge in [-0.25, -0.2) is 0 Å². The number of hydrogen-bond acceptors (Lipinski definition) is 1. The minimum absolute atomic E-state index is 0.548. The Bertz CT molecular complexity index is 617. The van der Waals surface area contributed by atoms with Gasteiger partial charge in [0, 0.05) is 0 Å². The molecule has 1 heteroatoms. The van der Waals surface area contributed by atoms with Crippen LogP contribution in [-0.4, -0.2) is 13.2 Å². The summed E-state index contributed by atoms with van der Waals surface area (Å²) >= 11 is 0. The molecule has 0 N–H and O–H groups in total. The van der Waals surface area contributed by atoms with Crippen LogP contribution in [0.1, 0.15) is 11.1 Å². The molecule has 0 fully saturated rings. The van der Waals surface area contributed by atoms with Crippen molar-refractivity contribution in [2.24, 2.45) is 0 Å². The van der Waals surface area contributed by atoms with Gasteiger partial charge in [-0.15, -0.1) is 0 Å². The molecular formula is C22H22O. The van der Waals surface area contributed by atoms with E-state index in [-0.39, 0.29) is 0 Å². The Morgan fingerprint density at radius 1 is 0.696 bits per heavy atom. The maximum absolute atomic E-state index is 5.69. The fourth-order valence-corrected chi connectivity index (χ4v) is 2.26. The average Bonchev–Trinajstić information content (AvgIpc) is 2.63. The van der Waals surface area contributed by atoms with E-state index in [1.807, 2.05) is 60.7 Å². The van der Waals surface area contributed by atoms with Gasteiger partial charge in [0.25, 0.3) is 0 Å².